The summed E-state index contributed by atoms with van der Waals surface area (Å²) in [5, 5.41) is 11.0. The van der Waals surface area contributed by atoms with Crippen LogP contribution in [0.4, 0.5) is 16.2 Å². The van der Waals surface area contributed by atoms with Crippen LogP contribution in [0.5, 0.6) is 0 Å². The average Bonchev–Trinajstić information content (AvgIpc) is 3.39. The maximum Gasteiger partial charge on any atom is 0.411 e. The standard InChI is InChI=1S/C21H27N7O2/c1-28-10-9-17(27-28)16-6-4-3-5-15(22)20-23-12-19(26-20)14-8-7-13(11-18(14)25-16)24-21(29)30-2/h7-12,15-16,25H,3-6,22H2,1-2H3,(H,23,26)(H,24,29)/t15-,16+/m0/s1. The third-order valence-electron chi connectivity index (χ3n) is 5.37. The van der Waals surface area contributed by atoms with E-state index in [1.165, 1.54) is 7.11 Å². The monoisotopic (exact) mass is 409 g/mol. The Labute approximate surface area is 175 Å². The zero-order chi connectivity index (χ0) is 21.1. The van der Waals surface area contributed by atoms with Gasteiger partial charge in [0.1, 0.15) is 5.82 Å². The summed E-state index contributed by atoms with van der Waals surface area (Å²) in [6, 6.07) is 7.60. The Morgan fingerprint density at radius 2 is 2.13 bits per heavy atom. The van der Waals surface area contributed by atoms with E-state index in [1.807, 2.05) is 37.5 Å². The van der Waals surface area contributed by atoms with Crippen molar-refractivity contribution in [3.63, 3.8) is 0 Å². The summed E-state index contributed by atoms with van der Waals surface area (Å²) in [5.41, 5.74) is 10.6. The van der Waals surface area contributed by atoms with Crippen molar-refractivity contribution in [2.45, 2.75) is 37.8 Å². The molecule has 0 radical (unpaired) electrons. The van der Waals surface area contributed by atoms with Crippen molar-refractivity contribution in [2.75, 3.05) is 17.7 Å². The van der Waals surface area contributed by atoms with Gasteiger partial charge in [-0.1, -0.05) is 12.8 Å². The molecule has 1 aromatic carbocycles. The van der Waals surface area contributed by atoms with Crippen molar-refractivity contribution >= 4 is 17.5 Å². The first-order valence-corrected chi connectivity index (χ1v) is 10.1. The summed E-state index contributed by atoms with van der Waals surface area (Å²) in [6.45, 7) is 0. The molecule has 0 spiro atoms. The molecule has 9 nitrogen and oxygen atoms in total. The first kappa shape index (κ1) is 20.0. The van der Waals surface area contributed by atoms with E-state index in [-0.39, 0.29) is 12.1 Å². The van der Waals surface area contributed by atoms with Gasteiger partial charge in [0, 0.05) is 30.2 Å². The molecule has 5 N–H and O–H groups in total. The number of aromatic amines is 1. The van der Waals surface area contributed by atoms with E-state index < -0.39 is 6.09 Å². The van der Waals surface area contributed by atoms with Crippen molar-refractivity contribution in [1.82, 2.24) is 19.7 Å². The minimum absolute atomic E-state index is 0.0244. The lowest BCUT2D eigenvalue weighted by Gasteiger charge is -2.22. The van der Waals surface area contributed by atoms with Crippen LogP contribution in [0, 0.1) is 0 Å². The van der Waals surface area contributed by atoms with E-state index in [9.17, 15) is 4.79 Å². The number of ether oxygens (including phenoxy) is 1. The maximum atomic E-state index is 11.7. The number of anilines is 2. The Balaban J connectivity index is 1.76. The van der Waals surface area contributed by atoms with Gasteiger partial charge in [0.25, 0.3) is 0 Å². The van der Waals surface area contributed by atoms with Crippen LogP contribution in [0.2, 0.25) is 0 Å². The van der Waals surface area contributed by atoms with Gasteiger partial charge < -0.3 is 20.8 Å². The fourth-order valence-electron chi connectivity index (χ4n) is 3.76. The molecule has 9 heteroatoms. The van der Waals surface area contributed by atoms with Crippen molar-refractivity contribution in [3.8, 4) is 11.3 Å². The van der Waals surface area contributed by atoms with Crippen LogP contribution in [0.15, 0.2) is 36.7 Å². The lowest BCUT2D eigenvalue weighted by molar-refractivity contribution is 0.187. The van der Waals surface area contributed by atoms with Gasteiger partial charge in [-0.05, 0) is 37.1 Å². The Bertz CT molecular complexity index is 1030. The second-order valence-corrected chi connectivity index (χ2v) is 7.56. The third kappa shape index (κ3) is 4.30. The first-order chi connectivity index (χ1) is 14.5. The third-order valence-corrected chi connectivity index (χ3v) is 5.37. The Morgan fingerprint density at radius 1 is 1.30 bits per heavy atom. The molecule has 0 fully saturated rings. The Morgan fingerprint density at radius 3 is 2.90 bits per heavy atom. The van der Waals surface area contributed by atoms with Gasteiger partial charge in [-0.25, -0.2) is 9.78 Å². The van der Waals surface area contributed by atoms with E-state index >= 15 is 0 Å². The maximum absolute atomic E-state index is 11.7. The number of nitrogens with zero attached hydrogens (tertiary/aromatic N) is 3. The number of aryl methyl sites for hydroxylation is 1. The number of fused-ring (bicyclic) bond motifs is 4. The van der Waals surface area contributed by atoms with Crippen LogP contribution >= 0.6 is 0 Å². The quantitative estimate of drug-likeness (QED) is 0.512. The van der Waals surface area contributed by atoms with Crippen molar-refractivity contribution in [3.05, 3.63) is 48.2 Å². The second kappa shape index (κ2) is 8.58. The predicted octanol–water partition coefficient (Wildman–Crippen LogP) is 3.72. The lowest BCUT2D eigenvalue weighted by atomic mass is 10.0. The molecule has 1 aliphatic heterocycles. The van der Waals surface area contributed by atoms with Crippen LogP contribution in [0.1, 0.15) is 49.3 Å². The molecule has 2 aromatic heterocycles. The molecule has 4 rings (SSSR count). The van der Waals surface area contributed by atoms with Crippen LogP contribution in [-0.2, 0) is 11.8 Å². The summed E-state index contributed by atoms with van der Waals surface area (Å²) in [5.74, 6) is 0.787. The minimum Gasteiger partial charge on any atom is -0.453 e. The summed E-state index contributed by atoms with van der Waals surface area (Å²) in [6.07, 6.45) is 7.02. The summed E-state index contributed by atoms with van der Waals surface area (Å²) in [4.78, 5) is 19.5. The van der Waals surface area contributed by atoms with Gasteiger partial charge in [0.2, 0.25) is 0 Å². The van der Waals surface area contributed by atoms with Gasteiger partial charge >= 0.3 is 6.09 Å². The highest BCUT2D eigenvalue weighted by atomic mass is 16.5. The molecule has 3 aromatic rings. The lowest BCUT2D eigenvalue weighted by Crippen LogP contribution is -2.16. The highest BCUT2D eigenvalue weighted by Gasteiger charge is 2.20. The van der Waals surface area contributed by atoms with E-state index in [0.717, 1.165) is 54.1 Å². The molecular formula is C21H27N7O2. The van der Waals surface area contributed by atoms with Crippen molar-refractivity contribution < 1.29 is 9.53 Å². The summed E-state index contributed by atoms with van der Waals surface area (Å²) >= 11 is 0. The normalized spacial score (nSPS) is 19.0. The number of aromatic nitrogens is 4. The summed E-state index contributed by atoms with van der Waals surface area (Å²) in [7, 11) is 3.25. The molecule has 0 saturated carbocycles. The number of hydrogen-bond acceptors (Lipinski definition) is 6. The number of amides is 1. The van der Waals surface area contributed by atoms with Crippen LogP contribution < -0.4 is 16.4 Å². The molecule has 158 valence electrons. The molecule has 30 heavy (non-hydrogen) atoms. The van der Waals surface area contributed by atoms with E-state index in [4.69, 9.17) is 10.5 Å². The van der Waals surface area contributed by atoms with E-state index in [0.29, 0.717) is 5.69 Å². The SMILES string of the molecule is COC(=O)Nc1ccc2c(c1)N[C@@H](c1ccn(C)n1)CCCC[C@H](N)c1ncc-2[nH]1. The molecule has 0 unspecified atom stereocenters. The van der Waals surface area contributed by atoms with E-state index in [1.54, 1.807) is 10.9 Å². The number of imidazole rings is 1. The smallest absolute Gasteiger partial charge is 0.411 e. The molecule has 2 atom stereocenters. The van der Waals surface area contributed by atoms with E-state index in [2.05, 4.69) is 25.7 Å². The Kier molecular flexibility index (Phi) is 5.71. The van der Waals surface area contributed by atoms with Crippen LogP contribution in [-0.4, -0.2) is 33.0 Å². The molecule has 0 saturated heterocycles. The molecular weight excluding hydrogens is 382 g/mol. The van der Waals surface area contributed by atoms with Crippen LogP contribution in [0.25, 0.3) is 11.3 Å². The highest BCUT2D eigenvalue weighted by molar-refractivity contribution is 5.88. The molecule has 1 amide bonds. The fourth-order valence-corrected chi connectivity index (χ4v) is 3.76. The molecule has 2 bridgehead atoms. The Hall–Kier alpha value is -3.33. The number of methoxy groups -OCH3 is 1. The predicted molar refractivity (Wildman–Crippen MR) is 115 cm³/mol. The molecule has 1 aliphatic rings. The van der Waals surface area contributed by atoms with Crippen molar-refractivity contribution in [2.24, 2.45) is 12.8 Å². The largest absolute Gasteiger partial charge is 0.453 e. The van der Waals surface area contributed by atoms with Gasteiger partial charge in [-0.15, -0.1) is 0 Å². The van der Waals surface area contributed by atoms with Gasteiger partial charge in [-0.3, -0.25) is 10.00 Å². The number of hydrogen-bond donors (Lipinski definition) is 4. The fraction of sp³-hybridized carbons (Fsp3) is 0.381. The highest BCUT2D eigenvalue weighted by Crippen LogP contribution is 2.35. The van der Waals surface area contributed by atoms with Crippen molar-refractivity contribution in [1.29, 1.82) is 0 Å². The number of carbonyl (C=O) groups is 1. The summed E-state index contributed by atoms with van der Waals surface area (Å²) < 4.78 is 6.53. The number of nitrogens with two attached hydrogens (primary N) is 1. The number of carbonyl (C=O) groups excluding carboxylic acids is 1. The number of rotatable bonds is 2. The zero-order valence-electron chi connectivity index (χ0n) is 17.2. The van der Waals surface area contributed by atoms with Gasteiger partial charge in [0.15, 0.2) is 0 Å². The zero-order valence-corrected chi connectivity index (χ0v) is 17.2. The van der Waals surface area contributed by atoms with Crippen LogP contribution in [0.3, 0.4) is 0 Å². The molecule has 3 heterocycles. The van der Waals surface area contributed by atoms with Gasteiger partial charge in [-0.2, -0.15) is 5.10 Å². The number of nitrogens with one attached hydrogen (secondary N) is 3. The minimum atomic E-state index is -0.515. The average molecular weight is 409 g/mol. The topological polar surface area (TPSA) is 123 Å². The molecule has 0 aliphatic carbocycles. The number of benzene rings is 1. The second-order valence-electron chi connectivity index (χ2n) is 7.56. The first-order valence-electron chi connectivity index (χ1n) is 10.1. The number of H-pyrrole nitrogens is 1. The van der Waals surface area contributed by atoms with Gasteiger partial charge in [0.05, 0.1) is 36.8 Å².